The maximum atomic E-state index is 14.7. The second kappa shape index (κ2) is 13.3. The van der Waals surface area contributed by atoms with Gasteiger partial charge in [0.15, 0.2) is 23.3 Å². The van der Waals surface area contributed by atoms with E-state index < -0.39 is 23.5 Å². The average Bonchev–Trinajstić information content (AvgIpc) is 3.75. The molecule has 3 fully saturated rings. The van der Waals surface area contributed by atoms with Crippen molar-refractivity contribution in [3.8, 4) is 5.75 Å². The highest BCUT2D eigenvalue weighted by Gasteiger charge is 2.33. The number of aromatic nitrogens is 2. The number of amides is 1. The summed E-state index contributed by atoms with van der Waals surface area (Å²) in [5.74, 6) is -3.29. The number of rotatable bonds is 9. The number of hydrogen-bond donors (Lipinski definition) is 2. The molecule has 2 atom stereocenters. The van der Waals surface area contributed by atoms with Gasteiger partial charge in [-0.1, -0.05) is 12.6 Å². The minimum Gasteiger partial charge on any atom is -0.494 e. The standard InChI is InChI=1S/C31H34F3N7O4/c1-3-29(42)38-22-14-23(26(43-2)15-25(22)40-8-6-19(17-40)39-9-12-44-13-10-39)37-27-16-28(36-18-35-27)41-24(7-11-45-41)20-4-5-21(32)31(34)30(20)33/h3-5,14-16,18-19,24H,1,6-13,17H2,2H3,(H,38,42)(H,35,36,37). The van der Waals surface area contributed by atoms with Gasteiger partial charge in [0.25, 0.3) is 0 Å². The maximum absolute atomic E-state index is 14.7. The number of ether oxygens (including phenoxy) is 2. The van der Waals surface area contributed by atoms with Crippen molar-refractivity contribution >= 4 is 34.6 Å². The van der Waals surface area contributed by atoms with Crippen LogP contribution in [-0.4, -0.2) is 79.9 Å². The van der Waals surface area contributed by atoms with E-state index in [1.807, 2.05) is 6.07 Å². The summed E-state index contributed by atoms with van der Waals surface area (Å²) >= 11 is 0. The zero-order valence-electron chi connectivity index (χ0n) is 24.8. The van der Waals surface area contributed by atoms with E-state index in [2.05, 4.69) is 37.0 Å². The van der Waals surface area contributed by atoms with E-state index in [9.17, 15) is 18.0 Å². The van der Waals surface area contributed by atoms with Gasteiger partial charge in [-0.3, -0.25) is 14.5 Å². The molecular formula is C31H34F3N7O4. The number of carbonyl (C=O) groups excluding carboxylic acids is 1. The van der Waals surface area contributed by atoms with E-state index in [0.717, 1.165) is 57.6 Å². The molecular weight excluding hydrogens is 591 g/mol. The minimum atomic E-state index is -1.54. The molecule has 3 aliphatic rings. The van der Waals surface area contributed by atoms with Gasteiger partial charge in [0, 0.05) is 56.3 Å². The lowest BCUT2D eigenvalue weighted by Crippen LogP contribution is -2.44. The molecule has 2 N–H and O–H groups in total. The Bertz CT molecular complexity index is 1570. The summed E-state index contributed by atoms with van der Waals surface area (Å²) in [7, 11) is 1.55. The Kier molecular flexibility index (Phi) is 9.05. The number of carbonyl (C=O) groups is 1. The number of hydrogen-bond acceptors (Lipinski definition) is 10. The number of nitrogens with zero attached hydrogens (tertiary/aromatic N) is 5. The largest absolute Gasteiger partial charge is 0.494 e. The van der Waals surface area contributed by atoms with E-state index in [1.165, 1.54) is 23.5 Å². The second-order valence-electron chi connectivity index (χ2n) is 10.9. The maximum Gasteiger partial charge on any atom is 0.247 e. The monoisotopic (exact) mass is 625 g/mol. The summed E-state index contributed by atoms with van der Waals surface area (Å²) in [4.78, 5) is 31.4. The molecule has 1 amide bonds. The number of halogens is 3. The molecule has 0 radical (unpaired) electrons. The van der Waals surface area contributed by atoms with E-state index in [1.54, 1.807) is 19.2 Å². The van der Waals surface area contributed by atoms with Crippen molar-refractivity contribution in [1.82, 2.24) is 14.9 Å². The van der Waals surface area contributed by atoms with Gasteiger partial charge in [0.2, 0.25) is 5.91 Å². The smallest absolute Gasteiger partial charge is 0.247 e. The predicted molar refractivity (Wildman–Crippen MR) is 162 cm³/mol. The van der Waals surface area contributed by atoms with Crippen molar-refractivity contribution in [3.63, 3.8) is 0 Å². The summed E-state index contributed by atoms with van der Waals surface area (Å²) < 4.78 is 53.5. The molecule has 0 bridgehead atoms. The quantitative estimate of drug-likeness (QED) is 0.260. The molecule has 238 valence electrons. The fraction of sp³-hybridized carbons (Fsp3) is 0.387. The molecule has 0 spiro atoms. The van der Waals surface area contributed by atoms with Crippen molar-refractivity contribution in [2.24, 2.45) is 0 Å². The van der Waals surface area contributed by atoms with Crippen LogP contribution in [0.15, 0.2) is 49.3 Å². The molecule has 4 heterocycles. The third kappa shape index (κ3) is 6.39. The zero-order valence-corrected chi connectivity index (χ0v) is 24.8. The summed E-state index contributed by atoms with van der Waals surface area (Å²) in [5.41, 5.74) is 1.85. The molecule has 0 aliphatic carbocycles. The number of benzene rings is 2. The van der Waals surface area contributed by atoms with Crippen LogP contribution in [0.1, 0.15) is 24.4 Å². The number of nitrogens with one attached hydrogen (secondary N) is 2. The normalized spacial score (nSPS) is 20.4. The van der Waals surface area contributed by atoms with Crippen molar-refractivity contribution in [3.05, 3.63) is 72.3 Å². The highest BCUT2D eigenvalue weighted by Crippen LogP contribution is 2.41. The van der Waals surface area contributed by atoms with E-state index in [-0.39, 0.29) is 23.9 Å². The van der Waals surface area contributed by atoms with Gasteiger partial charge in [-0.05, 0) is 24.6 Å². The van der Waals surface area contributed by atoms with Crippen LogP contribution < -0.4 is 25.3 Å². The first-order chi connectivity index (χ1) is 21.9. The molecule has 1 aromatic heterocycles. The Hall–Kier alpha value is -4.40. The van der Waals surface area contributed by atoms with Gasteiger partial charge in [0.1, 0.15) is 17.9 Å². The van der Waals surface area contributed by atoms with Crippen LogP contribution in [-0.2, 0) is 14.4 Å². The average molecular weight is 626 g/mol. The molecule has 0 saturated carbocycles. The molecule has 11 nitrogen and oxygen atoms in total. The van der Waals surface area contributed by atoms with Gasteiger partial charge >= 0.3 is 0 Å². The summed E-state index contributed by atoms with van der Waals surface area (Å²) in [5, 5.41) is 7.50. The third-order valence-electron chi connectivity index (χ3n) is 8.30. The van der Waals surface area contributed by atoms with Gasteiger partial charge < -0.3 is 25.0 Å². The van der Waals surface area contributed by atoms with Crippen LogP contribution >= 0.6 is 0 Å². The Labute approximate surface area is 258 Å². The van der Waals surface area contributed by atoms with Crippen LogP contribution in [0.5, 0.6) is 5.75 Å². The molecule has 3 saturated heterocycles. The molecule has 2 unspecified atom stereocenters. The molecule has 3 aliphatic heterocycles. The summed E-state index contributed by atoms with van der Waals surface area (Å²) in [6, 6.07) is 6.95. The van der Waals surface area contributed by atoms with Crippen LogP contribution in [0.4, 0.5) is 41.9 Å². The molecule has 2 aromatic carbocycles. The Balaban J connectivity index is 1.27. The molecule has 14 heteroatoms. The van der Waals surface area contributed by atoms with Crippen LogP contribution in [0.2, 0.25) is 0 Å². The lowest BCUT2D eigenvalue weighted by Gasteiger charge is -2.32. The van der Waals surface area contributed by atoms with Crippen LogP contribution in [0.25, 0.3) is 0 Å². The van der Waals surface area contributed by atoms with E-state index >= 15 is 0 Å². The first-order valence-electron chi connectivity index (χ1n) is 14.7. The second-order valence-corrected chi connectivity index (χ2v) is 10.9. The Morgan fingerprint density at radius 2 is 1.87 bits per heavy atom. The fourth-order valence-electron chi connectivity index (χ4n) is 6.03. The topological polar surface area (TPSA) is 104 Å². The minimum absolute atomic E-state index is 0.0443. The van der Waals surface area contributed by atoms with Gasteiger partial charge in [-0.2, -0.15) is 0 Å². The lowest BCUT2D eigenvalue weighted by molar-refractivity contribution is -0.111. The van der Waals surface area contributed by atoms with Crippen molar-refractivity contribution in [2.75, 3.05) is 73.7 Å². The number of methoxy groups -OCH3 is 1. The Morgan fingerprint density at radius 1 is 1.04 bits per heavy atom. The first kappa shape index (κ1) is 30.6. The highest BCUT2D eigenvalue weighted by atomic mass is 19.2. The Morgan fingerprint density at radius 3 is 2.64 bits per heavy atom. The molecule has 6 rings (SSSR count). The first-order valence-corrected chi connectivity index (χ1v) is 14.7. The zero-order chi connectivity index (χ0) is 31.5. The van der Waals surface area contributed by atoms with Crippen LogP contribution in [0, 0.1) is 17.5 Å². The van der Waals surface area contributed by atoms with E-state index in [4.69, 9.17) is 14.3 Å². The van der Waals surface area contributed by atoms with Crippen molar-refractivity contribution in [2.45, 2.75) is 24.9 Å². The summed E-state index contributed by atoms with van der Waals surface area (Å²) in [6.07, 6.45) is 3.82. The summed E-state index contributed by atoms with van der Waals surface area (Å²) in [6.45, 7) is 8.64. The predicted octanol–water partition coefficient (Wildman–Crippen LogP) is 4.56. The molecule has 45 heavy (non-hydrogen) atoms. The van der Waals surface area contributed by atoms with Crippen LogP contribution in [0.3, 0.4) is 0 Å². The highest BCUT2D eigenvalue weighted by molar-refractivity contribution is 6.02. The van der Waals surface area contributed by atoms with Gasteiger partial charge in [-0.25, -0.2) is 28.2 Å². The fourth-order valence-corrected chi connectivity index (χ4v) is 6.03. The van der Waals surface area contributed by atoms with E-state index in [0.29, 0.717) is 35.4 Å². The number of anilines is 5. The number of morpholine rings is 1. The third-order valence-corrected chi connectivity index (χ3v) is 8.30. The van der Waals surface area contributed by atoms with Crippen molar-refractivity contribution < 1.29 is 32.3 Å². The van der Waals surface area contributed by atoms with Gasteiger partial charge in [0.05, 0.1) is 50.0 Å². The molecule has 3 aromatic rings. The van der Waals surface area contributed by atoms with Crippen molar-refractivity contribution in [1.29, 1.82) is 0 Å². The lowest BCUT2D eigenvalue weighted by atomic mass is 10.0. The SMILES string of the molecule is C=CC(=O)Nc1cc(Nc2cc(N3OCCC3c3ccc(F)c(F)c3F)ncn2)c(OC)cc1N1CCC(N2CCOCC2)C1. The number of hydroxylamine groups is 1. The van der Waals surface area contributed by atoms with Gasteiger partial charge in [-0.15, -0.1) is 0 Å².